The topological polar surface area (TPSA) is 81.8 Å². The highest BCUT2D eigenvalue weighted by Gasteiger charge is 2.38. The van der Waals surface area contributed by atoms with Gasteiger partial charge in [0.2, 0.25) is 5.91 Å². The molecule has 0 aromatic heterocycles. The van der Waals surface area contributed by atoms with Gasteiger partial charge >= 0.3 is 11.8 Å². The summed E-state index contributed by atoms with van der Waals surface area (Å²) in [6.07, 6.45) is 2.17. The van der Waals surface area contributed by atoms with E-state index in [0.29, 0.717) is 38.8 Å². The highest BCUT2D eigenvalue weighted by molar-refractivity contribution is 6.35. The highest BCUT2D eigenvalue weighted by atomic mass is 16.2. The van der Waals surface area contributed by atoms with Crippen LogP contribution in [0.3, 0.4) is 0 Å². The second-order valence-corrected chi connectivity index (χ2v) is 5.44. The van der Waals surface area contributed by atoms with Gasteiger partial charge in [0.15, 0.2) is 0 Å². The molecule has 2 heterocycles. The van der Waals surface area contributed by atoms with Crippen LogP contribution in [0.2, 0.25) is 0 Å². The number of amides is 3. The van der Waals surface area contributed by atoms with Crippen molar-refractivity contribution in [2.75, 3.05) is 32.7 Å². The first-order chi connectivity index (χ1) is 9.13. The predicted molar refractivity (Wildman–Crippen MR) is 66.1 cm³/mol. The molecule has 1 aliphatic carbocycles. The van der Waals surface area contributed by atoms with E-state index in [1.54, 1.807) is 4.90 Å². The first-order valence-electron chi connectivity index (χ1n) is 6.74. The molecule has 0 radical (unpaired) electrons. The number of rotatable bonds is 3. The Morgan fingerprint density at radius 1 is 1.32 bits per heavy atom. The Kier molecular flexibility index (Phi) is 3.14. The van der Waals surface area contributed by atoms with E-state index >= 15 is 0 Å². The van der Waals surface area contributed by atoms with Gasteiger partial charge in [0, 0.05) is 32.2 Å². The average molecular weight is 266 g/mol. The Labute approximate surface area is 111 Å². The van der Waals surface area contributed by atoms with Crippen LogP contribution >= 0.6 is 0 Å². The van der Waals surface area contributed by atoms with Crippen molar-refractivity contribution in [2.24, 2.45) is 0 Å². The highest BCUT2D eigenvalue weighted by Crippen LogP contribution is 2.18. The maximum absolute atomic E-state index is 11.7. The van der Waals surface area contributed by atoms with E-state index in [4.69, 9.17) is 0 Å². The number of nitrogens with zero attached hydrogens (tertiary/aromatic N) is 2. The summed E-state index contributed by atoms with van der Waals surface area (Å²) in [5.74, 6) is -0.906. The van der Waals surface area contributed by atoms with Gasteiger partial charge < -0.3 is 15.5 Å². The maximum atomic E-state index is 11.7. The maximum Gasteiger partial charge on any atom is 0.312 e. The van der Waals surface area contributed by atoms with Gasteiger partial charge in [0.05, 0.1) is 12.6 Å². The number of hydrogen-bond acceptors (Lipinski definition) is 4. The van der Waals surface area contributed by atoms with Crippen LogP contribution in [0.25, 0.3) is 0 Å². The molecule has 1 unspecified atom stereocenters. The van der Waals surface area contributed by atoms with E-state index in [-0.39, 0.29) is 11.9 Å². The third-order valence-corrected chi connectivity index (χ3v) is 3.83. The van der Waals surface area contributed by atoms with Crippen molar-refractivity contribution >= 4 is 17.7 Å². The lowest BCUT2D eigenvalue weighted by atomic mass is 10.1. The van der Waals surface area contributed by atoms with E-state index in [0.717, 1.165) is 12.8 Å². The third-order valence-electron chi connectivity index (χ3n) is 3.83. The quantitative estimate of drug-likeness (QED) is 0.574. The minimum Gasteiger partial charge on any atom is -0.352 e. The van der Waals surface area contributed by atoms with Gasteiger partial charge in [-0.3, -0.25) is 19.3 Å². The van der Waals surface area contributed by atoms with Crippen LogP contribution in [0, 0.1) is 0 Å². The molecule has 1 atom stereocenters. The number of nitrogens with one attached hydrogen (secondary N) is 2. The number of carbonyl (C=O) groups is 3. The number of piperazine rings is 2. The Morgan fingerprint density at radius 3 is 2.84 bits per heavy atom. The van der Waals surface area contributed by atoms with Crippen LogP contribution in [0.4, 0.5) is 0 Å². The zero-order valence-electron chi connectivity index (χ0n) is 10.7. The number of carbonyl (C=O) groups excluding carboxylic acids is 3. The third kappa shape index (κ3) is 2.70. The minimum absolute atomic E-state index is 0.00678. The van der Waals surface area contributed by atoms with Crippen molar-refractivity contribution < 1.29 is 14.4 Å². The molecular weight excluding hydrogens is 248 g/mol. The SMILES string of the molecule is O=C(CN1CCN2C(=O)C(=O)NCC2C1)NC1CC1. The van der Waals surface area contributed by atoms with E-state index < -0.39 is 11.8 Å². The van der Waals surface area contributed by atoms with E-state index in [9.17, 15) is 14.4 Å². The van der Waals surface area contributed by atoms with Gasteiger partial charge in [-0.1, -0.05) is 0 Å². The van der Waals surface area contributed by atoms with Crippen LogP contribution in [-0.4, -0.2) is 72.3 Å². The average Bonchev–Trinajstić information content (AvgIpc) is 3.18. The molecule has 0 aromatic rings. The molecule has 3 amide bonds. The summed E-state index contributed by atoms with van der Waals surface area (Å²) < 4.78 is 0. The molecule has 7 heteroatoms. The summed E-state index contributed by atoms with van der Waals surface area (Å²) in [7, 11) is 0. The van der Waals surface area contributed by atoms with Gasteiger partial charge in [-0.2, -0.15) is 0 Å². The van der Waals surface area contributed by atoms with Crippen LogP contribution in [-0.2, 0) is 14.4 Å². The van der Waals surface area contributed by atoms with Crippen molar-refractivity contribution in [3.63, 3.8) is 0 Å². The number of fused-ring (bicyclic) bond motifs is 1. The molecule has 2 N–H and O–H groups in total. The molecule has 1 saturated carbocycles. The summed E-state index contributed by atoms with van der Waals surface area (Å²) in [5.41, 5.74) is 0. The Morgan fingerprint density at radius 2 is 2.11 bits per heavy atom. The predicted octanol–water partition coefficient (Wildman–Crippen LogP) is -2.09. The monoisotopic (exact) mass is 266 g/mol. The molecule has 3 aliphatic rings. The Bertz CT molecular complexity index is 421. The standard InChI is InChI=1S/C12H18N4O3/c17-10(14-8-1-2-8)7-15-3-4-16-9(6-15)5-13-11(18)12(16)19/h8-9H,1-7H2,(H,13,18)(H,14,17). The van der Waals surface area contributed by atoms with Crippen LogP contribution in [0.15, 0.2) is 0 Å². The van der Waals surface area contributed by atoms with Gasteiger partial charge in [-0.25, -0.2) is 0 Å². The Balaban J connectivity index is 1.52. The zero-order valence-corrected chi connectivity index (χ0v) is 10.7. The van der Waals surface area contributed by atoms with Crippen LogP contribution < -0.4 is 10.6 Å². The van der Waals surface area contributed by atoms with Gasteiger partial charge in [0.1, 0.15) is 0 Å². The van der Waals surface area contributed by atoms with Crippen LogP contribution in [0.1, 0.15) is 12.8 Å². The van der Waals surface area contributed by atoms with E-state index in [1.165, 1.54) is 0 Å². The molecule has 3 fully saturated rings. The van der Waals surface area contributed by atoms with Gasteiger partial charge in [0.25, 0.3) is 0 Å². The van der Waals surface area contributed by atoms with Crippen molar-refractivity contribution in [3.05, 3.63) is 0 Å². The molecule has 19 heavy (non-hydrogen) atoms. The van der Waals surface area contributed by atoms with Crippen LogP contribution in [0.5, 0.6) is 0 Å². The smallest absolute Gasteiger partial charge is 0.312 e. The molecular formula is C12H18N4O3. The second kappa shape index (κ2) is 4.80. The van der Waals surface area contributed by atoms with Crippen molar-refractivity contribution in [3.8, 4) is 0 Å². The molecule has 0 bridgehead atoms. The zero-order chi connectivity index (χ0) is 13.4. The number of hydrogen-bond donors (Lipinski definition) is 2. The fraction of sp³-hybridized carbons (Fsp3) is 0.750. The normalized spacial score (nSPS) is 27.8. The van der Waals surface area contributed by atoms with Gasteiger partial charge in [-0.15, -0.1) is 0 Å². The second-order valence-electron chi connectivity index (χ2n) is 5.44. The summed E-state index contributed by atoms with van der Waals surface area (Å²) in [6, 6.07) is 0.372. The fourth-order valence-electron chi connectivity index (χ4n) is 2.63. The molecule has 7 nitrogen and oxygen atoms in total. The summed E-state index contributed by atoms with van der Waals surface area (Å²) in [4.78, 5) is 38.3. The summed E-state index contributed by atoms with van der Waals surface area (Å²) in [5, 5.41) is 5.55. The first kappa shape index (κ1) is 12.4. The molecule has 3 rings (SSSR count). The molecule has 2 saturated heterocycles. The van der Waals surface area contributed by atoms with Crippen molar-refractivity contribution in [2.45, 2.75) is 24.9 Å². The fourth-order valence-corrected chi connectivity index (χ4v) is 2.63. The van der Waals surface area contributed by atoms with E-state index in [2.05, 4.69) is 10.6 Å². The lowest BCUT2D eigenvalue weighted by Gasteiger charge is -2.43. The molecule has 0 aromatic carbocycles. The first-order valence-corrected chi connectivity index (χ1v) is 6.74. The Hall–Kier alpha value is -1.63. The lowest BCUT2D eigenvalue weighted by molar-refractivity contribution is -0.152. The lowest BCUT2D eigenvalue weighted by Crippen LogP contribution is -2.65. The minimum atomic E-state index is -0.517. The molecule has 104 valence electrons. The summed E-state index contributed by atoms with van der Waals surface area (Å²) in [6.45, 7) is 2.67. The van der Waals surface area contributed by atoms with E-state index in [1.807, 2.05) is 4.90 Å². The molecule has 2 aliphatic heterocycles. The van der Waals surface area contributed by atoms with Gasteiger partial charge in [-0.05, 0) is 12.8 Å². The molecule has 0 spiro atoms. The van der Waals surface area contributed by atoms with Crippen molar-refractivity contribution in [1.82, 2.24) is 20.4 Å². The van der Waals surface area contributed by atoms with Crippen molar-refractivity contribution in [1.29, 1.82) is 0 Å². The largest absolute Gasteiger partial charge is 0.352 e. The summed E-state index contributed by atoms with van der Waals surface area (Å²) >= 11 is 0.